The van der Waals surface area contributed by atoms with E-state index in [9.17, 15) is 14.3 Å². The number of amides is 1. The van der Waals surface area contributed by atoms with Crippen LogP contribution in [-0.4, -0.2) is 32.7 Å². The van der Waals surface area contributed by atoms with Gasteiger partial charge in [-0.05, 0) is 42.3 Å². The number of aromatic hydroxyl groups is 1. The number of rotatable bonds is 6. The molecule has 0 aliphatic carbocycles. The molecule has 0 saturated heterocycles. The second kappa shape index (κ2) is 7.87. The van der Waals surface area contributed by atoms with Crippen molar-refractivity contribution in [1.82, 2.24) is 15.1 Å². The Labute approximate surface area is 173 Å². The van der Waals surface area contributed by atoms with E-state index in [1.807, 2.05) is 0 Å². The number of nitrogens with zero attached hydrogens (tertiary/aromatic N) is 2. The van der Waals surface area contributed by atoms with Gasteiger partial charge in [-0.15, -0.1) is 0 Å². The summed E-state index contributed by atoms with van der Waals surface area (Å²) in [5.41, 5.74) is 2.78. The van der Waals surface area contributed by atoms with Crippen molar-refractivity contribution >= 4 is 17.5 Å². The van der Waals surface area contributed by atoms with Gasteiger partial charge in [0.05, 0.1) is 6.04 Å². The van der Waals surface area contributed by atoms with Gasteiger partial charge in [0.2, 0.25) is 0 Å². The zero-order valence-corrected chi connectivity index (χ0v) is 16.7. The largest absolute Gasteiger partial charge is 0.507 e. The van der Waals surface area contributed by atoms with Gasteiger partial charge in [-0.3, -0.25) is 9.89 Å². The Balaban J connectivity index is 1.85. The number of nitrogens with one attached hydrogen (secondary N) is 1. The van der Waals surface area contributed by atoms with Crippen LogP contribution in [0.4, 0.5) is 4.39 Å². The molecule has 1 aromatic heterocycles. The smallest absolute Gasteiger partial charge is 0.273 e. The summed E-state index contributed by atoms with van der Waals surface area (Å²) in [7, 11) is 0. The lowest BCUT2D eigenvalue weighted by molar-refractivity contribution is 0.0740. The van der Waals surface area contributed by atoms with E-state index in [0.29, 0.717) is 34.1 Å². The fourth-order valence-electron chi connectivity index (χ4n) is 3.85. The maximum absolute atomic E-state index is 13.5. The second-order valence-corrected chi connectivity index (χ2v) is 7.62. The van der Waals surface area contributed by atoms with Crippen molar-refractivity contribution in [2.45, 2.75) is 32.2 Å². The van der Waals surface area contributed by atoms with Crippen LogP contribution in [0.3, 0.4) is 0 Å². The number of unbranched alkanes of at least 4 members (excludes halogenated alkanes) is 2. The van der Waals surface area contributed by atoms with E-state index in [4.69, 9.17) is 11.6 Å². The maximum atomic E-state index is 13.5. The van der Waals surface area contributed by atoms with Gasteiger partial charge in [0.25, 0.3) is 5.91 Å². The van der Waals surface area contributed by atoms with Crippen LogP contribution in [0, 0.1) is 5.82 Å². The summed E-state index contributed by atoms with van der Waals surface area (Å²) in [6.45, 7) is 2.69. The maximum Gasteiger partial charge on any atom is 0.273 e. The van der Waals surface area contributed by atoms with Crippen LogP contribution >= 0.6 is 11.6 Å². The van der Waals surface area contributed by atoms with Crippen molar-refractivity contribution in [3.8, 4) is 17.0 Å². The van der Waals surface area contributed by atoms with E-state index in [-0.39, 0.29) is 17.5 Å². The lowest BCUT2D eigenvalue weighted by Gasteiger charge is -2.26. The Hall–Kier alpha value is -2.86. The van der Waals surface area contributed by atoms with E-state index >= 15 is 0 Å². The van der Waals surface area contributed by atoms with Crippen molar-refractivity contribution in [3.63, 3.8) is 0 Å². The number of carbonyl (C=O) groups excluding carboxylic acids is 1. The molecular formula is C22H21ClFN3O2. The first kappa shape index (κ1) is 19.5. The molecule has 4 rings (SSSR count). The molecule has 1 atom stereocenters. The molecule has 2 N–H and O–H groups in total. The summed E-state index contributed by atoms with van der Waals surface area (Å²) in [6.07, 6.45) is 2.92. The van der Waals surface area contributed by atoms with E-state index in [0.717, 1.165) is 24.8 Å². The highest BCUT2D eigenvalue weighted by atomic mass is 35.5. The van der Waals surface area contributed by atoms with Crippen molar-refractivity contribution in [2.24, 2.45) is 0 Å². The van der Waals surface area contributed by atoms with Crippen LogP contribution in [0.1, 0.15) is 53.8 Å². The fraction of sp³-hybridized carbons (Fsp3) is 0.273. The molecule has 150 valence electrons. The number of benzene rings is 2. The first-order valence-electron chi connectivity index (χ1n) is 9.64. The fourth-order valence-corrected chi connectivity index (χ4v) is 4.03. The van der Waals surface area contributed by atoms with Crippen LogP contribution in [-0.2, 0) is 0 Å². The third-order valence-electron chi connectivity index (χ3n) is 5.27. The summed E-state index contributed by atoms with van der Waals surface area (Å²) in [6, 6.07) is 10.4. The monoisotopic (exact) mass is 413 g/mol. The average molecular weight is 414 g/mol. The average Bonchev–Trinajstić information content (AvgIpc) is 3.24. The number of carbonyl (C=O) groups is 1. The zero-order valence-electron chi connectivity index (χ0n) is 16.0. The lowest BCUT2D eigenvalue weighted by Crippen LogP contribution is -2.30. The molecule has 3 aromatic rings. The van der Waals surface area contributed by atoms with Crippen molar-refractivity contribution in [2.75, 3.05) is 6.54 Å². The van der Waals surface area contributed by atoms with Gasteiger partial charge in [0.1, 0.15) is 23.0 Å². The van der Waals surface area contributed by atoms with Gasteiger partial charge in [0, 0.05) is 22.7 Å². The molecule has 1 unspecified atom stereocenters. The molecule has 29 heavy (non-hydrogen) atoms. The quantitative estimate of drug-likeness (QED) is 0.538. The van der Waals surface area contributed by atoms with Crippen LogP contribution < -0.4 is 0 Å². The first-order valence-corrected chi connectivity index (χ1v) is 10.0. The molecule has 1 aliphatic heterocycles. The van der Waals surface area contributed by atoms with E-state index < -0.39 is 6.04 Å². The summed E-state index contributed by atoms with van der Waals surface area (Å²) < 4.78 is 13.5. The van der Waals surface area contributed by atoms with Crippen LogP contribution in [0.2, 0.25) is 5.02 Å². The highest BCUT2D eigenvalue weighted by Gasteiger charge is 2.42. The second-order valence-electron chi connectivity index (χ2n) is 7.18. The molecule has 0 radical (unpaired) electrons. The molecule has 0 spiro atoms. The molecule has 0 fully saturated rings. The lowest BCUT2D eigenvalue weighted by atomic mass is 9.95. The van der Waals surface area contributed by atoms with Gasteiger partial charge in [-0.2, -0.15) is 5.10 Å². The summed E-state index contributed by atoms with van der Waals surface area (Å²) in [5, 5.41) is 18.0. The van der Waals surface area contributed by atoms with Crippen molar-refractivity contribution < 1.29 is 14.3 Å². The van der Waals surface area contributed by atoms with E-state index in [1.165, 1.54) is 18.2 Å². The molecule has 2 heterocycles. The number of aromatic amines is 1. The van der Waals surface area contributed by atoms with Gasteiger partial charge >= 0.3 is 0 Å². The van der Waals surface area contributed by atoms with Crippen molar-refractivity contribution in [1.29, 1.82) is 0 Å². The summed E-state index contributed by atoms with van der Waals surface area (Å²) >= 11 is 6.13. The Morgan fingerprint density at radius 1 is 1.21 bits per heavy atom. The summed E-state index contributed by atoms with van der Waals surface area (Å²) in [5.74, 6) is -0.458. The Morgan fingerprint density at radius 2 is 1.97 bits per heavy atom. The van der Waals surface area contributed by atoms with Crippen LogP contribution in [0.15, 0.2) is 42.5 Å². The highest BCUT2D eigenvalue weighted by Crippen LogP contribution is 2.45. The third kappa shape index (κ3) is 3.49. The standard InChI is InChI=1S/C22H21ClFN3O2/c1-2-3-4-11-27-21(13-5-8-15(24)9-6-13)18-19(25-26-20(18)22(27)29)16-12-14(23)7-10-17(16)28/h5-10,12,21,28H,2-4,11H2,1H3,(H,25,26). The molecule has 1 aliphatic rings. The Morgan fingerprint density at radius 3 is 2.69 bits per heavy atom. The molecule has 1 amide bonds. The van der Waals surface area contributed by atoms with Gasteiger partial charge in [0.15, 0.2) is 0 Å². The molecule has 7 heteroatoms. The van der Waals surface area contributed by atoms with Gasteiger partial charge in [-0.1, -0.05) is 43.5 Å². The number of hydrogen-bond donors (Lipinski definition) is 2. The minimum absolute atomic E-state index is 0.0263. The number of hydrogen-bond acceptors (Lipinski definition) is 3. The molecular weight excluding hydrogens is 393 g/mol. The molecule has 0 saturated carbocycles. The Kier molecular flexibility index (Phi) is 5.28. The van der Waals surface area contributed by atoms with Gasteiger partial charge < -0.3 is 10.0 Å². The number of aromatic nitrogens is 2. The minimum atomic E-state index is -0.415. The predicted octanol–water partition coefficient (Wildman–Crippen LogP) is 5.31. The predicted molar refractivity (Wildman–Crippen MR) is 110 cm³/mol. The first-order chi connectivity index (χ1) is 14.0. The SMILES string of the molecule is CCCCCN1C(=O)c2[nH]nc(-c3cc(Cl)ccc3O)c2C1c1ccc(F)cc1. The number of phenolic OH excluding ortho intramolecular Hbond substituents is 1. The van der Waals surface area contributed by atoms with Crippen LogP contribution in [0.25, 0.3) is 11.3 Å². The third-order valence-corrected chi connectivity index (χ3v) is 5.50. The number of fused-ring (bicyclic) bond motifs is 1. The molecule has 2 aromatic carbocycles. The topological polar surface area (TPSA) is 69.2 Å². The zero-order chi connectivity index (χ0) is 20.5. The normalized spacial score (nSPS) is 15.8. The number of phenols is 1. The number of halogens is 2. The minimum Gasteiger partial charge on any atom is -0.507 e. The van der Waals surface area contributed by atoms with Gasteiger partial charge in [-0.25, -0.2) is 4.39 Å². The Bertz CT molecular complexity index is 1050. The highest BCUT2D eigenvalue weighted by molar-refractivity contribution is 6.31. The molecule has 5 nitrogen and oxygen atoms in total. The number of H-pyrrole nitrogens is 1. The van der Waals surface area contributed by atoms with E-state index in [2.05, 4.69) is 17.1 Å². The van der Waals surface area contributed by atoms with E-state index in [1.54, 1.807) is 29.2 Å². The molecule has 0 bridgehead atoms. The van der Waals surface area contributed by atoms with Crippen molar-refractivity contribution in [3.05, 3.63) is 70.1 Å². The summed E-state index contributed by atoms with van der Waals surface area (Å²) in [4.78, 5) is 14.9. The van der Waals surface area contributed by atoms with Crippen LogP contribution in [0.5, 0.6) is 5.75 Å².